The second-order valence-corrected chi connectivity index (χ2v) is 7.89. The molecule has 2 heterocycles. The van der Waals surface area contributed by atoms with Gasteiger partial charge in [-0.05, 0) is 57.0 Å². The largest absolute Gasteiger partial charge is 0.501 e. The number of nitrogens with one attached hydrogen (secondary N) is 1. The highest BCUT2D eigenvalue weighted by Gasteiger charge is 2.49. The van der Waals surface area contributed by atoms with Gasteiger partial charge < -0.3 is 10.4 Å². The molecule has 1 aliphatic heterocycles. The topological polar surface area (TPSA) is 87.5 Å². The maximum absolute atomic E-state index is 13.0. The predicted octanol–water partition coefficient (Wildman–Crippen LogP) is 1.59. The summed E-state index contributed by atoms with van der Waals surface area (Å²) < 4.78 is 14.5. The van der Waals surface area contributed by atoms with Crippen LogP contribution in [0.15, 0.2) is 29.1 Å². The van der Waals surface area contributed by atoms with Crippen LogP contribution < -0.4 is 10.9 Å². The summed E-state index contributed by atoms with van der Waals surface area (Å²) in [5.74, 6) is -0.708. The predicted molar refractivity (Wildman–Crippen MR) is 100 cm³/mol. The zero-order chi connectivity index (χ0) is 20.1. The van der Waals surface area contributed by atoms with Crippen LogP contribution in [-0.4, -0.2) is 39.6 Å². The first-order valence-corrected chi connectivity index (χ1v) is 9.36. The molecule has 148 valence electrons. The van der Waals surface area contributed by atoms with Crippen LogP contribution in [0.3, 0.4) is 0 Å². The smallest absolute Gasteiger partial charge is 0.296 e. The van der Waals surface area contributed by atoms with Crippen LogP contribution >= 0.6 is 0 Å². The van der Waals surface area contributed by atoms with Crippen molar-refractivity contribution in [3.63, 3.8) is 0 Å². The van der Waals surface area contributed by atoms with Gasteiger partial charge in [-0.2, -0.15) is 0 Å². The number of hydrogen-bond donors (Lipinski definition) is 2. The van der Waals surface area contributed by atoms with E-state index in [0.29, 0.717) is 23.9 Å². The molecule has 1 aromatic carbocycles. The molecule has 2 aliphatic rings. The van der Waals surface area contributed by atoms with Gasteiger partial charge in [0.05, 0.1) is 5.54 Å². The van der Waals surface area contributed by atoms with E-state index < -0.39 is 22.8 Å². The monoisotopic (exact) mass is 386 g/mol. The molecule has 1 fully saturated rings. The van der Waals surface area contributed by atoms with E-state index in [1.807, 2.05) is 14.1 Å². The third-order valence-electron chi connectivity index (χ3n) is 6.03. The molecule has 1 saturated carbocycles. The van der Waals surface area contributed by atoms with Gasteiger partial charge in [0, 0.05) is 13.1 Å². The Hall–Kier alpha value is -2.74. The quantitative estimate of drug-likeness (QED) is 0.833. The molecule has 2 bridgehead atoms. The third kappa shape index (κ3) is 2.88. The van der Waals surface area contributed by atoms with Crippen molar-refractivity contribution < 1.29 is 14.3 Å². The average Bonchev–Trinajstić information content (AvgIpc) is 3.04. The van der Waals surface area contributed by atoms with E-state index in [4.69, 9.17) is 0 Å². The molecule has 0 spiro atoms. The number of rotatable bonds is 4. The second-order valence-electron chi connectivity index (χ2n) is 7.89. The molecule has 0 saturated heterocycles. The molecule has 2 aromatic rings. The maximum atomic E-state index is 13.0. The van der Waals surface area contributed by atoms with Gasteiger partial charge in [0.1, 0.15) is 11.6 Å². The van der Waals surface area contributed by atoms with Gasteiger partial charge in [0.2, 0.25) is 5.75 Å². The standard InChI is InChI=1S/C20H23FN4O3/c1-24(2)20-8-7-13(9-20)11-25-18(28)16(26)15(23-19(20)25)17(27)22-10-12-3-5-14(21)6-4-12/h3-6,13,26H,7-11H2,1-2H3,(H,22,27). The van der Waals surface area contributed by atoms with Crippen molar-refractivity contribution in [1.29, 1.82) is 0 Å². The Morgan fingerprint density at radius 2 is 2.11 bits per heavy atom. The highest BCUT2D eigenvalue weighted by Crippen LogP contribution is 2.48. The molecule has 2 atom stereocenters. The van der Waals surface area contributed by atoms with Gasteiger partial charge in [-0.25, -0.2) is 9.37 Å². The molecule has 1 aromatic heterocycles. The van der Waals surface area contributed by atoms with Crippen LogP contribution in [0.2, 0.25) is 0 Å². The van der Waals surface area contributed by atoms with E-state index in [2.05, 4.69) is 15.2 Å². The Balaban J connectivity index is 1.68. The van der Waals surface area contributed by atoms with Gasteiger partial charge in [0.25, 0.3) is 11.5 Å². The summed E-state index contributed by atoms with van der Waals surface area (Å²) in [6, 6.07) is 5.73. The maximum Gasteiger partial charge on any atom is 0.296 e. The summed E-state index contributed by atoms with van der Waals surface area (Å²) in [6.45, 7) is 0.654. The second kappa shape index (κ2) is 6.70. The van der Waals surface area contributed by atoms with Crippen molar-refractivity contribution in [2.45, 2.75) is 37.9 Å². The zero-order valence-electron chi connectivity index (χ0n) is 15.9. The summed E-state index contributed by atoms with van der Waals surface area (Å²) >= 11 is 0. The first-order valence-electron chi connectivity index (χ1n) is 9.36. The fourth-order valence-corrected chi connectivity index (χ4v) is 4.44. The van der Waals surface area contributed by atoms with Crippen molar-refractivity contribution in [2.75, 3.05) is 14.1 Å². The van der Waals surface area contributed by atoms with Crippen molar-refractivity contribution >= 4 is 5.91 Å². The fourth-order valence-electron chi connectivity index (χ4n) is 4.44. The summed E-state index contributed by atoms with van der Waals surface area (Å²) in [5.41, 5.74) is -0.533. The third-order valence-corrected chi connectivity index (χ3v) is 6.03. The van der Waals surface area contributed by atoms with Crippen molar-refractivity contribution in [2.24, 2.45) is 5.92 Å². The first kappa shape index (κ1) is 18.6. The van der Waals surface area contributed by atoms with E-state index in [-0.39, 0.29) is 18.1 Å². The van der Waals surface area contributed by atoms with Gasteiger partial charge in [-0.3, -0.25) is 19.1 Å². The van der Waals surface area contributed by atoms with E-state index in [1.165, 1.54) is 16.7 Å². The van der Waals surface area contributed by atoms with Crippen molar-refractivity contribution in [1.82, 2.24) is 19.8 Å². The molecular formula is C20H23FN4O3. The summed E-state index contributed by atoms with van der Waals surface area (Å²) in [7, 11) is 3.90. The normalized spacial score (nSPS) is 22.9. The molecule has 2 unspecified atom stereocenters. The van der Waals surface area contributed by atoms with Crippen LogP contribution in [0.5, 0.6) is 5.75 Å². The minimum Gasteiger partial charge on any atom is -0.501 e. The molecule has 0 radical (unpaired) electrons. The minimum atomic E-state index is -0.629. The Kier molecular flexibility index (Phi) is 4.45. The molecule has 8 heteroatoms. The van der Waals surface area contributed by atoms with Crippen LogP contribution in [0.1, 0.15) is 41.1 Å². The number of amides is 1. The number of carbonyl (C=O) groups is 1. The number of benzene rings is 1. The lowest BCUT2D eigenvalue weighted by Gasteiger charge is -2.40. The Bertz CT molecular complexity index is 986. The van der Waals surface area contributed by atoms with E-state index in [9.17, 15) is 19.1 Å². The molecule has 7 nitrogen and oxygen atoms in total. The SMILES string of the molecule is CN(C)C12CCC(Cn3c1nc(C(=O)NCc1ccc(F)cc1)c(O)c3=O)C2. The fraction of sp³-hybridized carbons (Fsp3) is 0.450. The molecule has 28 heavy (non-hydrogen) atoms. The van der Waals surface area contributed by atoms with Crippen molar-refractivity contribution in [3.8, 4) is 5.75 Å². The first-order chi connectivity index (χ1) is 13.3. The number of halogens is 1. The van der Waals surface area contributed by atoms with E-state index in [0.717, 1.165) is 19.3 Å². The van der Waals surface area contributed by atoms with E-state index in [1.54, 1.807) is 12.1 Å². The number of hydrogen-bond acceptors (Lipinski definition) is 5. The molecule has 4 rings (SSSR count). The van der Waals surface area contributed by atoms with Crippen molar-refractivity contribution in [3.05, 3.63) is 57.5 Å². The number of carbonyl (C=O) groups excluding carboxylic acids is 1. The van der Waals surface area contributed by atoms with Crippen LogP contribution in [0.25, 0.3) is 0 Å². The highest BCUT2D eigenvalue weighted by atomic mass is 19.1. The highest BCUT2D eigenvalue weighted by molar-refractivity contribution is 5.94. The number of aromatic hydroxyl groups is 1. The zero-order valence-corrected chi connectivity index (χ0v) is 15.9. The Labute approximate surface area is 161 Å². The molecule has 1 aliphatic carbocycles. The van der Waals surface area contributed by atoms with Gasteiger partial charge in [0.15, 0.2) is 5.69 Å². The molecular weight excluding hydrogens is 363 g/mol. The number of fused-ring (bicyclic) bond motifs is 4. The number of nitrogens with zero attached hydrogens (tertiary/aromatic N) is 3. The van der Waals surface area contributed by atoms with E-state index >= 15 is 0 Å². The summed E-state index contributed by atoms with van der Waals surface area (Å²) in [5, 5.41) is 13.0. The van der Waals surface area contributed by atoms with Crippen LogP contribution in [-0.2, 0) is 18.6 Å². The van der Waals surface area contributed by atoms with Crippen LogP contribution in [0, 0.1) is 11.7 Å². The number of aromatic nitrogens is 2. The Morgan fingerprint density at radius 1 is 1.39 bits per heavy atom. The summed E-state index contributed by atoms with van der Waals surface area (Å²) in [6.07, 6.45) is 2.72. The lowest BCUT2D eigenvalue weighted by molar-refractivity contribution is 0.0928. The summed E-state index contributed by atoms with van der Waals surface area (Å²) in [4.78, 5) is 31.9. The van der Waals surface area contributed by atoms with Gasteiger partial charge in [-0.15, -0.1) is 0 Å². The van der Waals surface area contributed by atoms with Gasteiger partial charge >= 0.3 is 0 Å². The van der Waals surface area contributed by atoms with Gasteiger partial charge in [-0.1, -0.05) is 12.1 Å². The minimum absolute atomic E-state index is 0.138. The lowest BCUT2D eigenvalue weighted by atomic mass is 9.89. The Morgan fingerprint density at radius 3 is 2.79 bits per heavy atom. The average molecular weight is 386 g/mol. The lowest BCUT2D eigenvalue weighted by Crippen LogP contribution is -2.48. The molecule has 1 amide bonds. The van der Waals surface area contributed by atoms with Crippen LogP contribution in [0.4, 0.5) is 4.39 Å². The molecule has 2 N–H and O–H groups in total.